The summed E-state index contributed by atoms with van der Waals surface area (Å²) in [6, 6.07) is 0. The third-order valence-electron chi connectivity index (χ3n) is 4.11. The average Bonchev–Trinajstić information content (AvgIpc) is 2.77. The number of hydrogen-bond acceptors (Lipinski definition) is 4. The van der Waals surface area contributed by atoms with E-state index in [0.717, 1.165) is 25.8 Å². The highest BCUT2D eigenvalue weighted by atomic mass is 16.5. The monoisotopic (exact) mass is 265 g/mol. The van der Waals surface area contributed by atoms with Gasteiger partial charge >= 0.3 is 0 Å². The summed E-state index contributed by atoms with van der Waals surface area (Å²) >= 11 is 0. The molecule has 2 N–H and O–H groups in total. The van der Waals surface area contributed by atoms with E-state index < -0.39 is 0 Å². The van der Waals surface area contributed by atoms with Crippen molar-refractivity contribution in [1.82, 2.24) is 9.78 Å². The smallest absolute Gasteiger partial charge is 0.185 e. The molecule has 0 amide bonds. The van der Waals surface area contributed by atoms with Crippen molar-refractivity contribution in [3.63, 3.8) is 0 Å². The molecule has 0 aromatic carbocycles. The number of hydrogen-bond donors (Lipinski definition) is 1. The highest BCUT2D eigenvalue weighted by Gasteiger charge is 2.38. The van der Waals surface area contributed by atoms with Gasteiger partial charge in [-0.05, 0) is 31.2 Å². The molecule has 5 heteroatoms. The van der Waals surface area contributed by atoms with Crippen LogP contribution in [0.2, 0.25) is 0 Å². The lowest BCUT2D eigenvalue weighted by atomic mass is 9.66. The minimum atomic E-state index is 0.0173. The second kappa shape index (κ2) is 5.74. The van der Waals surface area contributed by atoms with Crippen LogP contribution in [0, 0.1) is 5.41 Å². The zero-order valence-corrected chi connectivity index (χ0v) is 11.8. The van der Waals surface area contributed by atoms with Gasteiger partial charge in [-0.3, -0.25) is 9.48 Å². The molecule has 5 nitrogen and oxygen atoms in total. The first kappa shape index (κ1) is 14.1. The number of nitrogens with zero attached hydrogens (tertiary/aromatic N) is 2. The highest BCUT2D eigenvalue weighted by Crippen LogP contribution is 2.44. The fourth-order valence-electron chi connectivity index (χ4n) is 2.73. The van der Waals surface area contributed by atoms with Gasteiger partial charge in [0.15, 0.2) is 11.5 Å². The molecule has 1 heterocycles. The van der Waals surface area contributed by atoms with E-state index in [0.29, 0.717) is 24.4 Å². The fourth-order valence-corrected chi connectivity index (χ4v) is 2.73. The second-order valence-corrected chi connectivity index (χ2v) is 5.44. The molecule has 1 aliphatic rings. The maximum atomic E-state index is 12.6. The van der Waals surface area contributed by atoms with E-state index >= 15 is 0 Å². The third-order valence-corrected chi connectivity index (χ3v) is 4.11. The number of carbonyl (C=O) groups is 1. The van der Waals surface area contributed by atoms with Crippen LogP contribution in [0.1, 0.15) is 49.5 Å². The minimum Gasteiger partial charge on any atom is -0.493 e. The quantitative estimate of drug-likeness (QED) is 0.765. The summed E-state index contributed by atoms with van der Waals surface area (Å²) in [5, 5.41) is 4.24. The van der Waals surface area contributed by atoms with Gasteiger partial charge in [0, 0.05) is 13.0 Å². The molecule has 19 heavy (non-hydrogen) atoms. The lowest BCUT2D eigenvalue weighted by Gasteiger charge is -2.40. The van der Waals surface area contributed by atoms with Gasteiger partial charge in [-0.25, -0.2) is 0 Å². The van der Waals surface area contributed by atoms with E-state index in [1.807, 2.05) is 0 Å². The molecule has 0 unspecified atom stereocenters. The van der Waals surface area contributed by atoms with Crippen molar-refractivity contribution in [2.24, 2.45) is 11.1 Å². The molecule has 1 aromatic heterocycles. The number of Topliss-reactive ketones (excluding diaryl/α,β-unsaturated/α-hetero) is 1. The molecule has 0 atom stereocenters. The van der Waals surface area contributed by atoms with Crippen LogP contribution in [0.15, 0.2) is 6.20 Å². The Kier molecular flexibility index (Phi) is 4.24. The van der Waals surface area contributed by atoms with Gasteiger partial charge in [-0.15, -0.1) is 0 Å². The molecule has 0 spiro atoms. The van der Waals surface area contributed by atoms with Crippen LogP contribution >= 0.6 is 0 Å². The van der Waals surface area contributed by atoms with E-state index in [1.165, 1.54) is 6.42 Å². The number of aryl methyl sites for hydroxylation is 1. The Labute approximate surface area is 114 Å². The predicted octanol–water partition coefficient (Wildman–Crippen LogP) is 2.00. The number of ketones is 1. The normalized spacial score (nSPS) is 17.0. The maximum absolute atomic E-state index is 12.6. The molecule has 1 saturated carbocycles. The van der Waals surface area contributed by atoms with Crippen molar-refractivity contribution in [2.45, 2.75) is 45.6 Å². The zero-order chi connectivity index (χ0) is 13.9. The molecule has 106 valence electrons. The van der Waals surface area contributed by atoms with Crippen LogP contribution < -0.4 is 10.5 Å². The van der Waals surface area contributed by atoms with Crippen molar-refractivity contribution >= 4 is 5.78 Å². The van der Waals surface area contributed by atoms with Gasteiger partial charge in [-0.2, -0.15) is 5.10 Å². The first-order chi connectivity index (χ1) is 9.15. The van der Waals surface area contributed by atoms with Crippen LogP contribution in [0.3, 0.4) is 0 Å². The van der Waals surface area contributed by atoms with Gasteiger partial charge in [-0.1, -0.05) is 13.3 Å². The molecule has 0 saturated heterocycles. The molecule has 1 fully saturated rings. The molecule has 0 bridgehead atoms. The molecule has 0 radical (unpaired) electrons. The second-order valence-electron chi connectivity index (χ2n) is 5.44. The summed E-state index contributed by atoms with van der Waals surface area (Å²) in [6.45, 7) is 3.39. The largest absolute Gasteiger partial charge is 0.493 e. The number of rotatable bonds is 7. The van der Waals surface area contributed by atoms with Crippen molar-refractivity contribution < 1.29 is 9.53 Å². The highest BCUT2D eigenvalue weighted by molar-refractivity contribution is 5.97. The van der Waals surface area contributed by atoms with Crippen LogP contribution in [0.5, 0.6) is 5.75 Å². The maximum Gasteiger partial charge on any atom is 0.185 e. The van der Waals surface area contributed by atoms with Gasteiger partial charge in [0.1, 0.15) is 5.69 Å². The number of methoxy groups -OCH3 is 1. The Morgan fingerprint density at radius 3 is 2.79 bits per heavy atom. The predicted molar refractivity (Wildman–Crippen MR) is 73.4 cm³/mol. The van der Waals surface area contributed by atoms with Crippen LogP contribution in [-0.4, -0.2) is 29.2 Å². The first-order valence-electron chi connectivity index (χ1n) is 6.99. The molecular weight excluding hydrogens is 242 g/mol. The Hall–Kier alpha value is -1.36. The number of nitrogens with two attached hydrogens (primary N) is 1. The van der Waals surface area contributed by atoms with Crippen molar-refractivity contribution in [1.29, 1.82) is 0 Å². The zero-order valence-electron chi connectivity index (χ0n) is 11.8. The Morgan fingerprint density at radius 1 is 1.58 bits per heavy atom. The van der Waals surface area contributed by atoms with Gasteiger partial charge in [0.2, 0.25) is 0 Å². The summed E-state index contributed by atoms with van der Waals surface area (Å²) < 4.78 is 7.01. The topological polar surface area (TPSA) is 70.1 Å². The van der Waals surface area contributed by atoms with Crippen LogP contribution in [0.4, 0.5) is 0 Å². The number of aromatic nitrogens is 2. The summed E-state index contributed by atoms with van der Waals surface area (Å²) in [5.74, 6) is 0.679. The van der Waals surface area contributed by atoms with E-state index in [1.54, 1.807) is 18.0 Å². The number of carbonyl (C=O) groups excluding carboxylic acids is 1. The van der Waals surface area contributed by atoms with Gasteiger partial charge in [0.05, 0.1) is 13.3 Å². The summed E-state index contributed by atoms with van der Waals surface area (Å²) in [6.07, 6.45) is 6.36. The molecule has 1 aromatic rings. The van der Waals surface area contributed by atoms with Crippen LogP contribution in [-0.2, 0) is 6.54 Å². The molecule has 0 aliphatic heterocycles. The standard InChI is InChI=1S/C14H23N3O2/c1-3-7-17-13(12(19-2)9-16-17)11(18)8-14(10-15)5-4-6-14/h9H,3-8,10,15H2,1-2H3. The SMILES string of the molecule is CCCn1ncc(OC)c1C(=O)CC1(CN)CCC1. The van der Waals surface area contributed by atoms with E-state index in [9.17, 15) is 4.79 Å². The Bertz CT molecular complexity index is 444. The molecule has 2 rings (SSSR count). The summed E-state index contributed by atoms with van der Waals surface area (Å²) in [7, 11) is 1.58. The third kappa shape index (κ3) is 2.66. The minimum absolute atomic E-state index is 0.0173. The first-order valence-corrected chi connectivity index (χ1v) is 6.99. The fraction of sp³-hybridized carbons (Fsp3) is 0.714. The summed E-state index contributed by atoms with van der Waals surface area (Å²) in [4.78, 5) is 12.6. The lowest BCUT2D eigenvalue weighted by Crippen LogP contribution is -2.39. The number of ether oxygens (including phenoxy) is 1. The van der Waals surface area contributed by atoms with Gasteiger partial charge in [0.25, 0.3) is 0 Å². The van der Waals surface area contributed by atoms with E-state index in [2.05, 4.69) is 12.0 Å². The van der Waals surface area contributed by atoms with Crippen molar-refractivity contribution in [3.05, 3.63) is 11.9 Å². The summed E-state index contributed by atoms with van der Waals surface area (Å²) in [5.41, 5.74) is 6.45. The van der Waals surface area contributed by atoms with Crippen molar-refractivity contribution in [2.75, 3.05) is 13.7 Å². The Morgan fingerprint density at radius 2 is 2.32 bits per heavy atom. The van der Waals surface area contributed by atoms with Crippen molar-refractivity contribution in [3.8, 4) is 5.75 Å². The Balaban J connectivity index is 2.19. The van der Waals surface area contributed by atoms with E-state index in [4.69, 9.17) is 10.5 Å². The van der Waals surface area contributed by atoms with E-state index in [-0.39, 0.29) is 11.2 Å². The van der Waals surface area contributed by atoms with Crippen LogP contribution in [0.25, 0.3) is 0 Å². The molecule has 1 aliphatic carbocycles. The lowest BCUT2D eigenvalue weighted by molar-refractivity contribution is 0.0772. The average molecular weight is 265 g/mol. The molecular formula is C14H23N3O2. The van der Waals surface area contributed by atoms with Gasteiger partial charge < -0.3 is 10.5 Å².